The average molecular weight is 372 g/mol. The van der Waals surface area contributed by atoms with Crippen LogP contribution in [0.1, 0.15) is 57.3 Å². The Morgan fingerprint density at radius 1 is 1.27 bits per heavy atom. The minimum absolute atomic E-state index is 0.158. The number of Topliss-reactive ketones (excluding diaryl/α,β-unsaturated/α-hetero) is 1. The summed E-state index contributed by atoms with van der Waals surface area (Å²) in [6, 6.07) is 6.47. The van der Waals surface area contributed by atoms with E-state index in [2.05, 4.69) is 42.3 Å². The zero-order chi connectivity index (χ0) is 18.7. The van der Waals surface area contributed by atoms with E-state index in [1.807, 2.05) is 6.92 Å². The molecular weight excluding hydrogens is 342 g/mol. The fraction of sp³-hybridized carbons (Fsp3) is 0.500. The zero-order valence-electron chi connectivity index (χ0n) is 16.3. The molecule has 1 aromatic carbocycles. The van der Waals surface area contributed by atoms with E-state index >= 15 is 0 Å². The van der Waals surface area contributed by atoms with E-state index in [4.69, 9.17) is 4.74 Å². The molecule has 0 spiro atoms. The molecule has 0 aliphatic carbocycles. The summed E-state index contributed by atoms with van der Waals surface area (Å²) in [4.78, 5) is 16.0. The fourth-order valence-corrected chi connectivity index (χ4v) is 4.87. The third-order valence-electron chi connectivity index (χ3n) is 5.31. The smallest absolute Gasteiger partial charge is 0.160 e. The van der Waals surface area contributed by atoms with Gasteiger partial charge < -0.3 is 4.74 Å². The van der Waals surface area contributed by atoms with Gasteiger partial charge in [-0.2, -0.15) is 0 Å². The second-order valence-electron chi connectivity index (χ2n) is 7.43. The molecule has 3 nitrogen and oxygen atoms in total. The fourth-order valence-electron chi connectivity index (χ4n) is 4.12. The van der Waals surface area contributed by atoms with Crippen molar-refractivity contribution in [3.63, 3.8) is 0 Å². The van der Waals surface area contributed by atoms with Gasteiger partial charge in [-0.1, -0.05) is 12.1 Å². The van der Waals surface area contributed by atoms with Crippen molar-refractivity contribution in [1.29, 1.82) is 0 Å². The molecule has 0 amide bonds. The molecule has 1 atom stereocenters. The van der Waals surface area contributed by atoms with Gasteiger partial charge in [0.2, 0.25) is 0 Å². The molecule has 1 saturated heterocycles. The number of carbonyl (C=O) groups excluding carboxylic acids is 1. The Kier molecular flexibility index (Phi) is 6.28. The SMILES string of the molecule is CC(=O)c1c(C)cc(C)c(CN(Cc2cccs2)CC2CCCO2)c1C. The van der Waals surface area contributed by atoms with E-state index in [9.17, 15) is 4.79 Å². The first kappa shape index (κ1) is 19.3. The Balaban J connectivity index is 1.87. The molecule has 0 N–H and O–H groups in total. The van der Waals surface area contributed by atoms with Crippen LogP contribution in [0.5, 0.6) is 0 Å². The van der Waals surface area contributed by atoms with E-state index < -0.39 is 0 Å². The van der Waals surface area contributed by atoms with E-state index in [0.29, 0.717) is 6.10 Å². The summed E-state index contributed by atoms with van der Waals surface area (Å²) in [5.74, 6) is 0.158. The maximum atomic E-state index is 12.1. The molecule has 4 heteroatoms. The second kappa shape index (κ2) is 8.47. The molecule has 1 fully saturated rings. The monoisotopic (exact) mass is 371 g/mol. The molecule has 140 valence electrons. The van der Waals surface area contributed by atoms with Gasteiger partial charge in [0.1, 0.15) is 0 Å². The van der Waals surface area contributed by atoms with E-state index in [1.54, 1.807) is 18.3 Å². The molecule has 0 bridgehead atoms. The number of thiophene rings is 1. The highest BCUT2D eigenvalue weighted by Crippen LogP contribution is 2.26. The Morgan fingerprint density at radius 3 is 2.69 bits per heavy atom. The normalized spacial score (nSPS) is 17.2. The van der Waals surface area contributed by atoms with Gasteiger partial charge >= 0.3 is 0 Å². The van der Waals surface area contributed by atoms with Crippen LogP contribution in [0.4, 0.5) is 0 Å². The molecule has 3 rings (SSSR count). The van der Waals surface area contributed by atoms with Gasteiger partial charge in [0, 0.05) is 36.7 Å². The first-order chi connectivity index (χ1) is 12.5. The van der Waals surface area contributed by atoms with Crippen molar-refractivity contribution >= 4 is 17.1 Å². The summed E-state index contributed by atoms with van der Waals surface area (Å²) in [6.45, 7) is 11.6. The van der Waals surface area contributed by atoms with Crippen LogP contribution in [-0.4, -0.2) is 29.9 Å². The van der Waals surface area contributed by atoms with Crippen LogP contribution in [0.2, 0.25) is 0 Å². The first-order valence-corrected chi connectivity index (χ1v) is 10.3. The Labute approximate surface area is 161 Å². The van der Waals surface area contributed by atoms with Gasteiger partial charge in [-0.15, -0.1) is 11.3 Å². The molecule has 0 radical (unpaired) electrons. The van der Waals surface area contributed by atoms with Crippen molar-refractivity contribution < 1.29 is 9.53 Å². The molecule has 1 unspecified atom stereocenters. The number of hydrogen-bond acceptors (Lipinski definition) is 4. The van der Waals surface area contributed by atoms with Crippen molar-refractivity contribution in [2.24, 2.45) is 0 Å². The lowest BCUT2D eigenvalue weighted by molar-refractivity contribution is 0.0681. The maximum absolute atomic E-state index is 12.1. The summed E-state index contributed by atoms with van der Waals surface area (Å²) in [5.41, 5.74) is 5.67. The second-order valence-corrected chi connectivity index (χ2v) is 8.46. The molecule has 1 aliphatic heterocycles. The lowest BCUT2D eigenvalue weighted by Gasteiger charge is -2.27. The molecular formula is C22H29NO2S. The maximum Gasteiger partial charge on any atom is 0.160 e. The molecule has 1 aliphatic rings. The highest BCUT2D eigenvalue weighted by Gasteiger charge is 2.22. The zero-order valence-corrected chi connectivity index (χ0v) is 17.1. The van der Waals surface area contributed by atoms with E-state index in [1.165, 1.54) is 16.0 Å². The molecule has 1 aromatic heterocycles. The van der Waals surface area contributed by atoms with Crippen molar-refractivity contribution in [3.05, 3.63) is 56.3 Å². The molecule has 2 heterocycles. The van der Waals surface area contributed by atoms with Gasteiger partial charge in [0.25, 0.3) is 0 Å². The summed E-state index contributed by atoms with van der Waals surface area (Å²) < 4.78 is 5.89. The predicted octanol–water partition coefficient (Wildman–Crippen LogP) is 5.06. The van der Waals surface area contributed by atoms with Gasteiger partial charge in [0.05, 0.1) is 6.10 Å². The Hall–Kier alpha value is -1.49. The van der Waals surface area contributed by atoms with Crippen LogP contribution < -0.4 is 0 Å². The van der Waals surface area contributed by atoms with Gasteiger partial charge in [0.15, 0.2) is 5.78 Å². The predicted molar refractivity (Wildman–Crippen MR) is 108 cm³/mol. The number of ketones is 1. The number of ether oxygens (including phenoxy) is 1. The molecule has 2 aromatic rings. The van der Waals surface area contributed by atoms with E-state index in [0.717, 1.165) is 55.8 Å². The van der Waals surface area contributed by atoms with Crippen LogP contribution in [0, 0.1) is 20.8 Å². The van der Waals surface area contributed by atoms with Crippen molar-refractivity contribution in [3.8, 4) is 0 Å². The van der Waals surface area contributed by atoms with Crippen LogP contribution in [-0.2, 0) is 17.8 Å². The minimum Gasteiger partial charge on any atom is -0.377 e. The van der Waals surface area contributed by atoms with E-state index in [-0.39, 0.29) is 5.78 Å². The number of benzene rings is 1. The van der Waals surface area contributed by atoms with Crippen LogP contribution in [0.3, 0.4) is 0 Å². The Morgan fingerprint density at radius 2 is 2.08 bits per heavy atom. The number of rotatable bonds is 7. The minimum atomic E-state index is 0.158. The van der Waals surface area contributed by atoms with Crippen LogP contribution >= 0.6 is 11.3 Å². The van der Waals surface area contributed by atoms with Gasteiger partial charge in [-0.05, 0) is 74.2 Å². The quantitative estimate of drug-likeness (QED) is 0.637. The van der Waals surface area contributed by atoms with Crippen molar-refractivity contribution in [1.82, 2.24) is 4.90 Å². The number of nitrogens with zero attached hydrogens (tertiary/aromatic N) is 1. The summed E-state index contributed by atoms with van der Waals surface area (Å²) in [5, 5.41) is 2.13. The van der Waals surface area contributed by atoms with Crippen LogP contribution in [0.15, 0.2) is 23.6 Å². The summed E-state index contributed by atoms with van der Waals surface area (Å²) in [7, 11) is 0. The molecule has 0 saturated carbocycles. The highest BCUT2D eigenvalue weighted by molar-refractivity contribution is 7.09. The summed E-state index contributed by atoms with van der Waals surface area (Å²) >= 11 is 1.80. The topological polar surface area (TPSA) is 29.5 Å². The largest absolute Gasteiger partial charge is 0.377 e. The van der Waals surface area contributed by atoms with Gasteiger partial charge in [-0.25, -0.2) is 0 Å². The van der Waals surface area contributed by atoms with Crippen molar-refractivity contribution in [2.45, 2.75) is 59.7 Å². The van der Waals surface area contributed by atoms with Crippen LogP contribution in [0.25, 0.3) is 0 Å². The Bertz CT molecular complexity index is 761. The summed E-state index contributed by atoms with van der Waals surface area (Å²) in [6.07, 6.45) is 2.63. The third kappa shape index (κ3) is 4.43. The third-order valence-corrected chi connectivity index (χ3v) is 6.17. The average Bonchev–Trinajstić information content (AvgIpc) is 3.24. The number of aryl methyl sites for hydroxylation is 2. The molecule has 26 heavy (non-hydrogen) atoms. The number of hydrogen-bond donors (Lipinski definition) is 0. The first-order valence-electron chi connectivity index (χ1n) is 9.42. The lowest BCUT2D eigenvalue weighted by Crippen LogP contribution is -2.32. The standard InChI is InChI=1S/C22H29NO2S/c1-15-11-16(2)22(18(4)24)17(3)21(15)14-23(12-19-7-5-9-25-19)13-20-8-6-10-26-20/h6,8,10-11,19H,5,7,9,12-14H2,1-4H3. The number of carbonyl (C=O) groups is 1. The van der Waals surface area contributed by atoms with Crippen molar-refractivity contribution in [2.75, 3.05) is 13.2 Å². The lowest BCUT2D eigenvalue weighted by atomic mass is 9.91. The van der Waals surface area contributed by atoms with Gasteiger partial charge in [-0.3, -0.25) is 9.69 Å². The highest BCUT2D eigenvalue weighted by atomic mass is 32.1.